The first-order valence-electron chi connectivity index (χ1n) is 10.7. The molecule has 1 fully saturated rings. The van der Waals surface area contributed by atoms with Crippen LogP contribution in [-0.4, -0.2) is 70.4 Å². The van der Waals surface area contributed by atoms with Gasteiger partial charge >= 0.3 is 15.2 Å². The first kappa shape index (κ1) is 28.0. The van der Waals surface area contributed by atoms with Crippen LogP contribution >= 0.6 is 26.8 Å². The molecule has 4 rings (SSSR count). The quantitative estimate of drug-likeness (QED) is 0.183. The van der Waals surface area contributed by atoms with Crippen LogP contribution < -0.4 is 5.32 Å². The average molecular weight is 584 g/mol. The normalized spacial score (nSPS) is 24.8. The fraction of sp³-hybridized carbons (Fsp3) is 0.421. The van der Waals surface area contributed by atoms with Crippen LogP contribution in [0, 0.1) is 5.82 Å². The fourth-order valence-corrected chi connectivity index (χ4v) is 6.50. The van der Waals surface area contributed by atoms with Crippen molar-refractivity contribution < 1.29 is 47.0 Å². The maximum absolute atomic E-state index is 15.0. The van der Waals surface area contributed by atoms with E-state index in [1.165, 1.54) is 18.3 Å². The van der Waals surface area contributed by atoms with Crippen LogP contribution in [0.5, 0.6) is 0 Å². The number of anilines is 1. The maximum Gasteiger partial charge on any atom is 0.340 e. The number of fused-ring (bicyclic) bond motifs is 1. The predicted molar refractivity (Wildman–Crippen MR) is 126 cm³/mol. The summed E-state index contributed by atoms with van der Waals surface area (Å²) in [6, 6.07) is 5.49. The van der Waals surface area contributed by atoms with E-state index in [0.29, 0.717) is 10.9 Å². The molecular weight excluding hydrogens is 562 g/mol. The largest absolute Gasteiger partial charge is 0.387 e. The van der Waals surface area contributed by atoms with E-state index >= 15 is 4.39 Å². The van der Waals surface area contributed by atoms with E-state index in [-0.39, 0.29) is 16.7 Å². The van der Waals surface area contributed by atoms with Gasteiger partial charge in [-0.25, -0.2) is 13.5 Å². The number of aliphatic hydroxyl groups excluding tert-OH is 1. The number of benzene rings is 1. The van der Waals surface area contributed by atoms with Crippen LogP contribution in [0.4, 0.5) is 14.6 Å². The highest BCUT2D eigenvalue weighted by molar-refractivity contribution is 7.70. The van der Waals surface area contributed by atoms with Crippen LogP contribution in [-0.2, 0) is 18.4 Å². The highest BCUT2D eigenvalue weighted by Crippen LogP contribution is 2.55. The molecule has 2 aromatic heterocycles. The monoisotopic (exact) mass is 583 g/mol. The van der Waals surface area contributed by atoms with Crippen molar-refractivity contribution in [3.05, 3.63) is 47.1 Å². The summed E-state index contributed by atoms with van der Waals surface area (Å²) in [5, 5.41) is 17.5. The number of aromatic nitrogens is 4. The van der Waals surface area contributed by atoms with Crippen molar-refractivity contribution in [1.29, 1.82) is 0 Å². The van der Waals surface area contributed by atoms with E-state index in [9.17, 15) is 23.5 Å². The molecule has 1 saturated heterocycles. The molecule has 13 nitrogen and oxygen atoms in total. The minimum absolute atomic E-state index is 0.0321. The summed E-state index contributed by atoms with van der Waals surface area (Å²) in [6.45, 7) is 0.921. The van der Waals surface area contributed by atoms with E-state index in [4.69, 9.17) is 26.1 Å². The molecule has 37 heavy (non-hydrogen) atoms. The zero-order chi connectivity index (χ0) is 27.1. The number of hydrogen-bond acceptors (Lipinski definition) is 9. The first-order valence-corrected chi connectivity index (χ1v) is 14.6. The van der Waals surface area contributed by atoms with Crippen molar-refractivity contribution in [3.63, 3.8) is 0 Å². The van der Waals surface area contributed by atoms with Gasteiger partial charge in [0.1, 0.15) is 23.8 Å². The summed E-state index contributed by atoms with van der Waals surface area (Å²) in [5.41, 5.74) is 0.647. The third-order valence-corrected chi connectivity index (χ3v) is 9.09. The van der Waals surface area contributed by atoms with Crippen LogP contribution in [0.1, 0.15) is 24.8 Å². The van der Waals surface area contributed by atoms with Gasteiger partial charge in [0.05, 0.1) is 24.2 Å². The lowest BCUT2D eigenvalue weighted by molar-refractivity contribution is -0.0472. The molecular formula is C19H22ClF2N5O8P2. The number of ether oxygens (including phenoxy) is 1. The summed E-state index contributed by atoms with van der Waals surface area (Å²) >= 11 is 6.07. The van der Waals surface area contributed by atoms with Gasteiger partial charge < -0.3 is 34.4 Å². The third-order valence-electron chi connectivity index (χ3n) is 5.47. The van der Waals surface area contributed by atoms with E-state index in [2.05, 4.69) is 24.9 Å². The van der Waals surface area contributed by atoms with Gasteiger partial charge in [0.25, 0.3) is 0 Å². The average Bonchev–Trinajstić information content (AvgIpc) is 3.32. The number of aliphatic hydroxyl groups is 1. The van der Waals surface area contributed by atoms with Crippen molar-refractivity contribution in [2.45, 2.75) is 37.6 Å². The van der Waals surface area contributed by atoms with Crippen molar-refractivity contribution in [2.24, 2.45) is 0 Å². The van der Waals surface area contributed by atoms with Crippen molar-refractivity contribution >= 4 is 43.6 Å². The molecule has 1 aliphatic heterocycles. The molecule has 3 aromatic rings. The molecule has 3 heterocycles. The lowest BCUT2D eigenvalue weighted by atomic mass is 10.1. The van der Waals surface area contributed by atoms with Gasteiger partial charge in [0.2, 0.25) is 5.28 Å². The van der Waals surface area contributed by atoms with Gasteiger partial charge in [-0.15, -0.1) is 0 Å². The summed E-state index contributed by atoms with van der Waals surface area (Å²) in [6.07, 6.45) is -5.64. The Morgan fingerprint density at radius 1 is 1.30 bits per heavy atom. The third kappa shape index (κ3) is 6.51. The van der Waals surface area contributed by atoms with Crippen LogP contribution in [0.3, 0.4) is 0 Å². The van der Waals surface area contributed by atoms with Gasteiger partial charge in [0, 0.05) is 0 Å². The molecule has 0 saturated carbocycles. The Balaban J connectivity index is 1.55. The highest BCUT2D eigenvalue weighted by Gasteiger charge is 2.47. The summed E-state index contributed by atoms with van der Waals surface area (Å²) in [4.78, 5) is 35.6. The number of rotatable bonds is 9. The molecule has 0 aliphatic carbocycles. The summed E-state index contributed by atoms with van der Waals surface area (Å²) in [5.74, 6) is -1.66. The summed E-state index contributed by atoms with van der Waals surface area (Å²) < 4.78 is 62.6. The standard InChI is InChI=1S/C19H22ClF2N5O8P2/c1-9(10-3-2-4-11(21)5-10)24-16-12-6-23-27(17(12)26-19(20)25-16)18-14(22)15(28)13(35-18)7-34-37(32,33)8-36(29,30)31/h2-6,9,13-15,18,28H,7-8H2,1H3,(H,32,33)(H,24,25,26)(H2,29,30,31)/t9-,13+,14-,15+,18+/m0/s1. The zero-order valence-electron chi connectivity index (χ0n) is 18.9. The van der Waals surface area contributed by atoms with Gasteiger partial charge in [-0.1, -0.05) is 12.1 Å². The molecule has 0 radical (unpaired) electrons. The molecule has 5 N–H and O–H groups in total. The number of hydrogen-bond donors (Lipinski definition) is 5. The Hall–Kier alpha value is -2.06. The number of nitrogens with one attached hydrogen (secondary N) is 1. The molecule has 0 bridgehead atoms. The van der Waals surface area contributed by atoms with Crippen LogP contribution in [0.2, 0.25) is 5.28 Å². The van der Waals surface area contributed by atoms with Gasteiger partial charge in [-0.3, -0.25) is 9.13 Å². The highest BCUT2D eigenvalue weighted by atomic mass is 35.5. The predicted octanol–water partition coefficient (Wildman–Crippen LogP) is 2.73. The van der Waals surface area contributed by atoms with Crippen molar-refractivity contribution in [3.8, 4) is 0 Å². The van der Waals surface area contributed by atoms with Gasteiger partial charge in [0.15, 0.2) is 23.9 Å². The topological polar surface area (TPSA) is 189 Å². The molecule has 6 atom stereocenters. The minimum atomic E-state index is -4.88. The molecule has 1 unspecified atom stereocenters. The van der Waals surface area contributed by atoms with Gasteiger partial charge in [-0.05, 0) is 36.2 Å². The Bertz CT molecular complexity index is 1390. The van der Waals surface area contributed by atoms with E-state index in [0.717, 1.165) is 4.68 Å². The Morgan fingerprint density at radius 2 is 2.03 bits per heavy atom. The minimum Gasteiger partial charge on any atom is -0.387 e. The molecule has 1 aromatic carbocycles. The lowest BCUT2D eigenvalue weighted by Gasteiger charge is -2.18. The molecule has 202 valence electrons. The zero-order valence-corrected chi connectivity index (χ0v) is 21.5. The first-order chi connectivity index (χ1) is 17.2. The maximum atomic E-state index is 15.0. The van der Waals surface area contributed by atoms with E-state index in [1.54, 1.807) is 19.1 Å². The Labute approximate surface area is 213 Å². The number of halogens is 3. The SMILES string of the molecule is C[C@H](Nc1nc(Cl)nc2c1cnn2[C@@H]1O[C@H](COP(=O)(O)CP(=O)(O)O)[C@@H](O)[C@@H]1F)c1cccc(F)c1. The Kier molecular flexibility index (Phi) is 8.01. The van der Waals surface area contributed by atoms with Crippen molar-refractivity contribution in [2.75, 3.05) is 17.8 Å². The smallest absolute Gasteiger partial charge is 0.340 e. The second kappa shape index (κ2) is 10.6. The van der Waals surface area contributed by atoms with E-state index < -0.39 is 64.2 Å². The molecule has 18 heteroatoms. The molecule has 0 spiro atoms. The van der Waals surface area contributed by atoms with Crippen LogP contribution in [0.25, 0.3) is 11.0 Å². The van der Waals surface area contributed by atoms with Gasteiger partial charge in [-0.2, -0.15) is 15.1 Å². The second-order valence-corrected chi connectivity index (χ2v) is 12.7. The fourth-order valence-electron chi connectivity index (χ4n) is 3.76. The molecule has 1 aliphatic rings. The summed E-state index contributed by atoms with van der Waals surface area (Å²) in [7, 11) is -9.63. The molecule has 0 amide bonds. The number of nitrogens with zero attached hydrogens (tertiary/aromatic N) is 4. The van der Waals surface area contributed by atoms with E-state index in [1.807, 2.05) is 0 Å². The van der Waals surface area contributed by atoms with Crippen molar-refractivity contribution in [1.82, 2.24) is 19.7 Å². The number of alkyl halides is 1. The Morgan fingerprint density at radius 3 is 2.70 bits per heavy atom. The lowest BCUT2D eigenvalue weighted by Crippen LogP contribution is -2.31. The van der Waals surface area contributed by atoms with Crippen LogP contribution in [0.15, 0.2) is 30.5 Å². The second-order valence-electron chi connectivity index (χ2n) is 8.33.